The van der Waals surface area contributed by atoms with Gasteiger partial charge in [0.1, 0.15) is 0 Å². The summed E-state index contributed by atoms with van der Waals surface area (Å²) >= 11 is 0. The van der Waals surface area contributed by atoms with Crippen LogP contribution in [-0.4, -0.2) is 23.2 Å². The number of rotatable bonds is 6. The number of carbonyl (C=O) groups is 2. The van der Waals surface area contributed by atoms with Crippen LogP contribution in [-0.2, 0) is 0 Å². The van der Waals surface area contributed by atoms with Crippen molar-refractivity contribution in [2.24, 2.45) is 10.2 Å². The molecule has 0 aromatic heterocycles. The predicted octanol–water partition coefficient (Wildman–Crippen LogP) is 5.23. The van der Waals surface area contributed by atoms with Gasteiger partial charge in [-0.2, -0.15) is 10.2 Å². The summed E-state index contributed by atoms with van der Waals surface area (Å²) in [4.78, 5) is 25.0. The number of amides is 2. The maximum absolute atomic E-state index is 12.5. The van der Waals surface area contributed by atoms with Crippen molar-refractivity contribution in [3.63, 3.8) is 0 Å². The van der Waals surface area contributed by atoms with Crippen LogP contribution in [0.2, 0.25) is 0 Å². The van der Waals surface area contributed by atoms with Gasteiger partial charge in [0.2, 0.25) is 0 Å². The van der Waals surface area contributed by atoms with Gasteiger partial charge in [-0.15, -0.1) is 0 Å². The van der Waals surface area contributed by atoms with E-state index < -0.39 is 0 Å². The molecule has 34 heavy (non-hydrogen) atoms. The predicted molar refractivity (Wildman–Crippen MR) is 138 cm³/mol. The van der Waals surface area contributed by atoms with Crippen molar-refractivity contribution < 1.29 is 9.59 Å². The normalized spacial score (nSPS) is 11.8. The van der Waals surface area contributed by atoms with Crippen molar-refractivity contribution in [3.8, 4) is 0 Å². The molecule has 0 saturated carbocycles. The first kappa shape index (κ1) is 24.6. The third kappa shape index (κ3) is 6.04. The number of hydrogen-bond donors (Lipinski definition) is 2. The average Bonchev–Trinajstić information content (AvgIpc) is 2.80. The lowest BCUT2D eigenvalue weighted by atomic mass is 10.0. The minimum atomic E-state index is -0.347. The second-order valence-corrected chi connectivity index (χ2v) is 8.49. The van der Waals surface area contributed by atoms with Gasteiger partial charge in [0.25, 0.3) is 11.8 Å². The van der Waals surface area contributed by atoms with Crippen LogP contribution in [0.15, 0.2) is 70.9 Å². The van der Waals surface area contributed by atoms with Gasteiger partial charge in [-0.3, -0.25) is 9.59 Å². The van der Waals surface area contributed by atoms with Crippen LogP contribution < -0.4 is 10.9 Å². The highest BCUT2D eigenvalue weighted by atomic mass is 16.2. The van der Waals surface area contributed by atoms with E-state index in [9.17, 15) is 9.59 Å². The number of nitrogens with zero attached hydrogens (tertiary/aromatic N) is 2. The molecule has 0 atom stereocenters. The number of carbonyl (C=O) groups excluding carboxylic acids is 2. The molecule has 0 spiro atoms. The number of benzene rings is 3. The Bertz CT molecular complexity index is 1190. The van der Waals surface area contributed by atoms with Gasteiger partial charge >= 0.3 is 0 Å². The highest BCUT2D eigenvalue weighted by Crippen LogP contribution is 2.13. The largest absolute Gasteiger partial charge is 0.271 e. The van der Waals surface area contributed by atoms with Gasteiger partial charge in [-0.1, -0.05) is 47.5 Å². The molecule has 0 saturated heterocycles. The van der Waals surface area contributed by atoms with Crippen LogP contribution in [0.4, 0.5) is 0 Å². The van der Waals surface area contributed by atoms with E-state index in [0.717, 1.165) is 33.7 Å². The first-order valence-corrected chi connectivity index (χ1v) is 11.1. The molecule has 0 aliphatic heterocycles. The Morgan fingerprint density at radius 3 is 1.26 bits per heavy atom. The fourth-order valence-corrected chi connectivity index (χ4v) is 3.73. The molecule has 0 bridgehead atoms. The smallest absolute Gasteiger partial charge is 0.267 e. The molecule has 174 valence electrons. The lowest BCUT2D eigenvalue weighted by Crippen LogP contribution is -2.21. The minimum Gasteiger partial charge on any atom is -0.267 e. The monoisotopic (exact) mass is 454 g/mol. The summed E-state index contributed by atoms with van der Waals surface area (Å²) in [5.41, 5.74) is 13.9. The maximum atomic E-state index is 12.5. The number of aryl methyl sites for hydroxylation is 4. The van der Waals surface area contributed by atoms with E-state index in [0.29, 0.717) is 11.1 Å². The Morgan fingerprint density at radius 1 is 0.588 bits per heavy atom. The molecule has 0 radical (unpaired) electrons. The van der Waals surface area contributed by atoms with Crippen molar-refractivity contribution in [1.29, 1.82) is 0 Å². The highest BCUT2D eigenvalue weighted by molar-refractivity contribution is 6.03. The molecule has 6 heteroatoms. The standard InChI is InChI=1S/C28H30N4O2/c1-17-7-13-25(19(3)15-17)21(5)29-31-27(33)23-9-11-24(12-10-23)28(34)32-30-22(6)26-14-8-18(2)16-20(26)4/h7-16H,1-6H3,(H,31,33)(H,32,34). The van der Waals surface area contributed by atoms with Crippen LogP contribution in [0.1, 0.15) is 67.9 Å². The van der Waals surface area contributed by atoms with Crippen molar-refractivity contribution >= 4 is 23.2 Å². The summed E-state index contributed by atoms with van der Waals surface area (Å²) < 4.78 is 0. The maximum Gasteiger partial charge on any atom is 0.271 e. The molecule has 3 aromatic carbocycles. The zero-order valence-electron chi connectivity index (χ0n) is 20.5. The Morgan fingerprint density at radius 2 is 0.941 bits per heavy atom. The third-order valence-corrected chi connectivity index (χ3v) is 5.60. The molecular weight excluding hydrogens is 424 g/mol. The van der Waals surface area contributed by atoms with Gasteiger partial charge in [-0.05, 0) is 76.9 Å². The quantitative estimate of drug-likeness (QED) is 0.395. The lowest BCUT2D eigenvalue weighted by Gasteiger charge is -2.08. The highest BCUT2D eigenvalue weighted by Gasteiger charge is 2.10. The van der Waals surface area contributed by atoms with E-state index in [4.69, 9.17) is 0 Å². The summed E-state index contributed by atoms with van der Waals surface area (Å²) in [7, 11) is 0. The third-order valence-electron chi connectivity index (χ3n) is 5.60. The minimum absolute atomic E-state index is 0.347. The van der Waals surface area contributed by atoms with E-state index >= 15 is 0 Å². The molecule has 0 aliphatic carbocycles. The molecule has 3 rings (SSSR count). The van der Waals surface area contributed by atoms with Gasteiger partial charge in [0, 0.05) is 22.3 Å². The van der Waals surface area contributed by atoms with Crippen LogP contribution in [0.3, 0.4) is 0 Å². The molecule has 2 amide bonds. The average molecular weight is 455 g/mol. The van der Waals surface area contributed by atoms with E-state index in [1.54, 1.807) is 24.3 Å². The van der Waals surface area contributed by atoms with Gasteiger partial charge < -0.3 is 0 Å². The van der Waals surface area contributed by atoms with E-state index in [1.807, 2.05) is 65.8 Å². The second kappa shape index (κ2) is 10.7. The second-order valence-electron chi connectivity index (χ2n) is 8.49. The Labute approximate surface area is 200 Å². The molecule has 2 N–H and O–H groups in total. The van der Waals surface area contributed by atoms with E-state index in [-0.39, 0.29) is 11.8 Å². The molecule has 0 aliphatic rings. The fraction of sp³-hybridized carbons (Fsp3) is 0.214. The summed E-state index contributed by atoms with van der Waals surface area (Å²) in [5, 5.41) is 8.46. The molecule has 0 unspecified atom stereocenters. The fourth-order valence-electron chi connectivity index (χ4n) is 3.73. The van der Waals surface area contributed by atoms with Crippen LogP contribution >= 0.6 is 0 Å². The molecule has 3 aromatic rings. The van der Waals surface area contributed by atoms with Crippen LogP contribution in [0, 0.1) is 27.7 Å². The Balaban J connectivity index is 1.63. The zero-order valence-corrected chi connectivity index (χ0v) is 20.5. The van der Waals surface area contributed by atoms with Crippen LogP contribution in [0.25, 0.3) is 0 Å². The number of hydrazone groups is 2. The SMILES string of the molecule is CC(=NNC(=O)c1ccc(C(=O)NN=C(C)c2ccc(C)cc2C)cc1)c1ccc(C)cc1C. The van der Waals surface area contributed by atoms with Gasteiger partial charge in [-0.25, -0.2) is 10.9 Å². The summed E-state index contributed by atoms with van der Waals surface area (Å²) in [5.74, 6) is -0.695. The number of hydrogen-bond acceptors (Lipinski definition) is 4. The molecular formula is C28H30N4O2. The Hall–Kier alpha value is -4.06. The molecule has 6 nitrogen and oxygen atoms in total. The summed E-state index contributed by atoms with van der Waals surface area (Å²) in [6.45, 7) is 11.8. The summed E-state index contributed by atoms with van der Waals surface area (Å²) in [6, 6.07) is 18.5. The zero-order chi connectivity index (χ0) is 24.8. The van der Waals surface area contributed by atoms with Crippen molar-refractivity contribution in [1.82, 2.24) is 10.9 Å². The molecule has 0 heterocycles. The first-order valence-electron chi connectivity index (χ1n) is 11.1. The number of nitrogens with one attached hydrogen (secondary N) is 2. The van der Waals surface area contributed by atoms with Crippen molar-refractivity contribution in [3.05, 3.63) is 105 Å². The summed E-state index contributed by atoms with van der Waals surface area (Å²) in [6.07, 6.45) is 0. The Kier molecular flexibility index (Phi) is 7.74. The lowest BCUT2D eigenvalue weighted by molar-refractivity contribution is 0.0943. The van der Waals surface area contributed by atoms with E-state index in [2.05, 4.69) is 33.2 Å². The van der Waals surface area contributed by atoms with Crippen molar-refractivity contribution in [2.75, 3.05) is 0 Å². The van der Waals surface area contributed by atoms with Gasteiger partial charge in [0.15, 0.2) is 0 Å². The van der Waals surface area contributed by atoms with Crippen LogP contribution in [0.5, 0.6) is 0 Å². The van der Waals surface area contributed by atoms with E-state index in [1.165, 1.54) is 11.1 Å². The van der Waals surface area contributed by atoms with Gasteiger partial charge in [0.05, 0.1) is 11.4 Å². The van der Waals surface area contributed by atoms with Crippen molar-refractivity contribution in [2.45, 2.75) is 41.5 Å². The topological polar surface area (TPSA) is 82.9 Å². The first-order chi connectivity index (χ1) is 16.2. The molecule has 0 fully saturated rings.